The monoisotopic (exact) mass is 214 g/mol. The summed E-state index contributed by atoms with van der Waals surface area (Å²) in [4.78, 5) is 22.6. The van der Waals surface area contributed by atoms with Gasteiger partial charge in [-0.2, -0.15) is 0 Å². The van der Waals surface area contributed by atoms with Crippen molar-refractivity contribution in [3.63, 3.8) is 0 Å². The van der Waals surface area contributed by atoms with E-state index in [1.807, 2.05) is 0 Å². The average Bonchev–Trinajstić information content (AvgIpc) is 2.50. The number of nitrogens with two attached hydrogens (primary N) is 1. The van der Waals surface area contributed by atoms with Crippen molar-refractivity contribution < 1.29 is 14.3 Å². The Morgan fingerprint density at radius 1 is 1.67 bits per heavy atom. The second-order valence-corrected chi connectivity index (χ2v) is 4.10. The Morgan fingerprint density at radius 2 is 2.33 bits per heavy atom. The van der Waals surface area contributed by atoms with E-state index in [2.05, 4.69) is 5.32 Å². The zero-order valence-corrected chi connectivity index (χ0v) is 9.16. The van der Waals surface area contributed by atoms with E-state index >= 15 is 0 Å². The van der Waals surface area contributed by atoms with Gasteiger partial charge in [-0.15, -0.1) is 0 Å². The van der Waals surface area contributed by atoms with Crippen LogP contribution in [0.25, 0.3) is 0 Å². The predicted octanol–water partition coefficient (Wildman–Crippen LogP) is -0.208. The summed E-state index contributed by atoms with van der Waals surface area (Å²) in [6.45, 7) is 4.22. The summed E-state index contributed by atoms with van der Waals surface area (Å²) in [5.74, 6) is -0.577. The number of hydrogen-bond donors (Lipinski definition) is 2. The van der Waals surface area contributed by atoms with Gasteiger partial charge in [-0.3, -0.25) is 9.59 Å². The lowest BCUT2D eigenvalue weighted by Gasteiger charge is -2.15. The molecule has 0 radical (unpaired) electrons. The minimum Gasteiger partial charge on any atom is -0.462 e. The lowest BCUT2D eigenvalue weighted by atomic mass is 9.99. The molecule has 1 aliphatic rings. The Balaban J connectivity index is 2.37. The van der Waals surface area contributed by atoms with Crippen LogP contribution < -0.4 is 11.1 Å². The van der Waals surface area contributed by atoms with E-state index in [1.165, 1.54) is 0 Å². The lowest BCUT2D eigenvalue weighted by molar-refractivity contribution is -0.149. The molecular weight excluding hydrogens is 196 g/mol. The van der Waals surface area contributed by atoms with Crippen LogP contribution in [0.15, 0.2) is 0 Å². The number of esters is 1. The average molecular weight is 214 g/mol. The van der Waals surface area contributed by atoms with Crippen LogP contribution in [0.5, 0.6) is 0 Å². The summed E-state index contributed by atoms with van der Waals surface area (Å²) in [6, 6.07) is -0.693. The Morgan fingerprint density at radius 3 is 2.80 bits per heavy atom. The number of hydrogen-bond acceptors (Lipinski definition) is 4. The highest BCUT2D eigenvalue weighted by molar-refractivity contribution is 5.82. The largest absolute Gasteiger partial charge is 0.462 e. The molecule has 2 atom stereocenters. The molecule has 0 bridgehead atoms. The molecule has 5 nitrogen and oxygen atoms in total. The second-order valence-electron chi connectivity index (χ2n) is 4.10. The molecular formula is C10H18N2O3. The van der Waals surface area contributed by atoms with Crippen molar-refractivity contribution >= 4 is 11.9 Å². The van der Waals surface area contributed by atoms with Crippen molar-refractivity contribution in [2.45, 2.75) is 38.8 Å². The molecule has 0 aromatic rings. The van der Waals surface area contributed by atoms with Crippen LogP contribution in [-0.2, 0) is 14.3 Å². The fraction of sp³-hybridized carbons (Fsp3) is 0.800. The molecule has 0 aromatic carbocycles. The highest BCUT2D eigenvalue weighted by Crippen LogP contribution is 2.15. The van der Waals surface area contributed by atoms with Gasteiger partial charge in [-0.05, 0) is 26.7 Å². The number of nitrogens with one attached hydrogen (secondary N) is 1. The first-order chi connectivity index (χ1) is 7.00. The van der Waals surface area contributed by atoms with Crippen LogP contribution in [0.1, 0.15) is 26.7 Å². The van der Waals surface area contributed by atoms with E-state index in [0.29, 0.717) is 13.0 Å². The first kappa shape index (κ1) is 12.0. The van der Waals surface area contributed by atoms with Crippen LogP contribution in [0.4, 0.5) is 0 Å². The van der Waals surface area contributed by atoms with Crippen molar-refractivity contribution in [1.82, 2.24) is 5.32 Å². The van der Waals surface area contributed by atoms with Crippen LogP contribution in [0.2, 0.25) is 0 Å². The molecule has 0 aliphatic carbocycles. The predicted molar refractivity (Wildman–Crippen MR) is 54.9 cm³/mol. The van der Waals surface area contributed by atoms with E-state index in [4.69, 9.17) is 10.5 Å². The van der Waals surface area contributed by atoms with Gasteiger partial charge in [0.1, 0.15) is 6.04 Å². The van der Waals surface area contributed by atoms with E-state index in [0.717, 1.165) is 6.42 Å². The van der Waals surface area contributed by atoms with Crippen LogP contribution >= 0.6 is 0 Å². The van der Waals surface area contributed by atoms with Gasteiger partial charge in [0.05, 0.1) is 6.10 Å². The van der Waals surface area contributed by atoms with Gasteiger partial charge in [0, 0.05) is 12.5 Å². The SMILES string of the molecule is CC(C)OC(=O)[C@@H](N)C[C@@H]1CCNC1=O. The van der Waals surface area contributed by atoms with Crippen molar-refractivity contribution in [2.75, 3.05) is 6.54 Å². The maximum atomic E-state index is 11.4. The first-order valence-electron chi connectivity index (χ1n) is 5.24. The van der Waals surface area contributed by atoms with Gasteiger partial charge in [0.2, 0.25) is 5.91 Å². The van der Waals surface area contributed by atoms with Crippen LogP contribution in [0.3, 0.4) is 0 Å². The Bertz CT molecular complexity index is 253. The molecule has 1 heterocycles. The number of carbonyl (C=O) groups is 2. The maximum absolute atomic E-state index is 11.4. The zero-order valence-electron chi connectivity index (χ0n) is 9.16. The van der Waals surface area contributed by atoms with Gasteiger partial charge < -0.3 is 15.8 Å². The summed E-state index contributed by atoms with van der Waals surface area (Å²) < 4.78 is 4.96. The molecule has 15 heavy (non-hydrogen) atoms. The third-order valence-electron chi connectivity index (χ3n) is 2.36. The van der Waals surface area contributed by atoms with Crippen molar-refractivity contribution in [2.24, 2.45) is 11.7 Å². The third kappa shape index (κ3) is 3.51. The zero-order chi connectivity index (χ0) is 11.4. The molecule has 3 N–H and O–H groups in total. The fourth-order valence-corrected chi connectivity index (χ4v) is 1.59. The molecule has 1 amide bonds. The molecule has 1 fully saturated rings. The van der Waals surface area contributed by atoms with Gasteiger partial charge in [-0.25, -0.2) is 0 Å². The van der Waals surface area contributed by atoms with E-state index < -0.39 is 12.0 Å². The summed E-state index contributed by atoms with van der Waals surface area (Å²) in [5.41, 5.74) is 5.65. The molecule has 0 saturated carbocycles. The van der Waals surface area contributed by atoms with Crippen LogP contribution in [0, 0.1) is 5.92 Å². The van der Waals surface area contributed by atoms with Gasteiger partial charge in [-0.1, -0.05) is 0 Å². The van der Waals surface area contributed by atoms with Crippen molar-refractivity contribution in [3.05, 3.63) is 0 Å². The van der Waals surface area contributed by atoms with Crippen molar-refractivity contribution in [3.8, 4) is 0 Å². The smallest absolute Gasteiger partial charge is 0.323 e. The molecule has 5 heteroatoms. The first-order valence-corrected chi connectivity index (χ1v) is 5.24. The second kappa shape index (κ2) is 5.11. The van der Waals surface area contributed by atoms with Gasteiger partial charge >= 0.3 is 5.97 Å². The number of rotatable bonds is 4. The third-order valence-corrected chi connectivity index (χ3v) is 2.36. The molecule has 1 aliphatic heterocycles. The quantitative estimate of drug-likeness (QED) is 0.634. The standard InChI is InChI=1S/C10H18N2O3/c1-6(2)15-10(14)8(11)5-7-3-4-12-9(7)13/h6-8H,3-5,11H2,1-2H3,(H,12,13)/t7-,8-/m0/s1. The van der Waals surface area contributed by atoms with E-state index in [1.54, 1.807) is 13.8 Å². The number of carbonyl (C=O) groups excluding carboxylic acids is 2. The maximum Gasteiger partial charge on any atom is 0.323 e. The van der Waals surface area contributed by atoms with E-state index in [-0.39, 0.29) is 17.9 Å². The molecule has 1 saturated heterocycles. The van der Waals surface area contributed by atoms with E-state index in [9.17, 15) is 9.59 Å². The number of amides is 1. The molecule has 0 aromatic heterocycles. The Kier molecular flexibility index (Phi) is 4.08. The molecule has 0 unspecified atom stereocenters. The summed E-state index contributed by atoms with van der Waals surface area (Å²) in [6.07, 6.45) is 0.958. The van der Waals surface area contributed by atoms with Gasteiger partial charge in [0.25, 0.3) is 0 Å². The summed E-state index contributed by atoms with van der Waals surface area (Å²) in [7, 11) is 0. The summed E-state index contributed by atoms with van der Waals surface area (Å²) in [5, 5.41) is 2.71. The lowest BCUT2D eigenvalue weighted by Crippen LogP contribution is -2.37. The molecule has 86 valence electrons. The molecule has 1 rings (SSSR count). The van der Waals surface area contributed by atoms with Crippen LogP contribution in [-0.4, -0.2) is 30.6 Å². The Labute approximate surface area is 89.3 Å². The topological polar surface area (TPSA) is 81.4 Å². The summed E-state index contributed by atoms with van der Waals surface area (Å²) >= 11 is 0. The van der Waals surface area contributed by atoms with Gasteiger partial charge in [0.15, 0.2) is 0 Å². The normalized spacial score (nSPS) is 22.7. The van der Waals surface area contributed by atoms with Crippen molar-refractivity contribution in [1.29, 1.82) is 0 Å². The highest BCUT2D eigenvalue weighted by atomic mass is 16.5. The highest BCUT2D eigenvalue weighted by Gasteiger charge is 2.29. The molecule has 0 spiro atoms. The minimum absolute atomic E-state index is 0.0113. The minimum atomic E-state index is -0.693. The fourth-order valence-electron chi connectivity index (χ4n) is 1.59. The Hall–Kier alpha value is -1.10. The number of ether oxygens (including phenoxy) is 1.